The third-order valence-corrected chi connectivity index (χ3v) is 7.60. The number of anilines is 1. The number of hydrogen-bond acceptors (Lipinski definition) is 5. The molecular formula is C32H39N3O5S. The predicted octanol–water partition coefficient (Wildman–Crippen LogP) is 4.52. The van der Waals surface area contributed by atoms with Crippen LogP contribution in [0, 0.1) is 6.92 Å². The first-order valence-corrected chi connectivity index (χ1v) is 15.3. The van der Waals surface area contributed by atoms with Crippen LogP contribution in [0.5, 0.6) is 0 Å². The van der Waals surface area contributed by atoms with Gasteiger partial charge in [-0.1, -0.05) is 72.3 Å². The minimum absolute atomic E-state index is 0.0965. The van der Waals surface area contributed by atoms with Crippen molar-refractivity contribution in [2.45, 2.75) is 59.2 Å². The van der Waals surface area contributed by atoms with Gasteiger partial charge in [-0.25, -0.2) is 8.42 Å². The van der Waals surface area contributed by atoms with Gasteiger partial charge in [0, 0.05) is 24.1 Å². The van der Waals surface area contributed by atoms with Gasteiger partial charge in [0.05, 0.1) is 11.9 Å². The lowest BCUT2D eigenvalue weighted by Gasteiger charge is -2.35. The number of carbonyl (C=O) groups is 3. The Morgan fingerprint density at radius 1 is 0.878 bits per heavy atom. The minimum atomic E-state index is -3.93. The number of Topliss-reactive ketones (excluding diaryl/α,β-unsaturated/α-hetero) is 1. The molecular weight excluding hydrogens is 538 g/mol. The van der Waals surface area contributed by atoms with Crippen LogP contribution in [0.25, 0.3) is 0 Å². The number of nitrogens with zero attached hydrogens (tertiary/aromatic N) is 2. The molecule has 0 aliphatic rings. The third-order valence-electron chi connectivity index (χ3n) is 6.46. The van der Waals surface area contributed by atoms with E-state index in [4.69, 9.17) is 0 Å². The zero-order valence-corrected chi connectivity index (χ0v) is 25.4. The maximum atomic E-state index is 14.1. The Morgan fingerprint density at radius 2 is 1.51 bits per heavy atom. The van der Waals surface area contributed by atoms with E-state index in [1.165, 1.54) is 17.9 Å². The molecule has 8 nitrogen and oxygen atoms in total. The largest absolute Gasteiger partial charge is 0.350 e. The average molecular weight is 578 g/mol. The van der Waals surface area contributed by atoms with E-state index >= 15 is 0 Å². The Balaban J connectivity index is 2.09. The zero-order chi connectivity index (χ0) is 30.4. The van der Waals surface area contributed by atoms with Crippen molar-refractivity contribution in [2.24, 2.45) is 0 Å². The van der Waals surface area contributed by atoms with Crippen LogP contribution in [-0.4, -0.2) is 55.3 Å². The Labute approximate surface area is 243 Å². The van der Waals surface area contributed by atoms with Crippen molar-refractivity contribution in [3.05, 3.63) is 101 Å². The fraction of sp³-hybridized carbons (Fsp3) is 0.344. The average Bonchev–Trinajstić information content (AvgIpc) is 2.89. The Bertz CT molecular complexity index is 1480. The van der Waals surface area contributed by atoms with E-state index in [9.17, 15) is 22.8 Å². The maximum Gasteiger partial charge on any atom is 0.244 e. The lowest BCUT2D eigenvalue weighted by atomic mass is 10.0. The first-order chi connectivity index (χ1) is 19.1. The third kappa shape index (κ3) is 9.28. The van der Waals surface area contributed by atoms with Gasteiger partial charge in [0.25, 0.3) is 0 Å². The number of aryl methyl sites for hydroxylation is 1. The molecule has 3 aromatic rings. The van der Waals surface area contributed by atoms with Crippen LogP contribution in [-0.2, 0) is 32.6 Å². The van der Waals surface area contributed by atoms with Crippen molar-refractivity contribution < 1.29 is 22.8 Å². The van der Waals surface area contributed by atoms with Crippen LogP contribution in [0.4, 0.5) is 5.69 Å². The van der Waals surface area contributed by atoms with Crippen molar-refractivity contribution in [2.75, 3.05) is 17.1 Å². The van der Waals surface area contributed by atoms with Crippen molar-refractivity contribution in [3.63, 3.8) is 0 Å². The summed E-state index contributed by atoms with van der Waals surface area (Å²) in [6.07, 6.45) is 1.25. The number of amides is 2. The lowest BCUT2D eigenvalue weighted by Crippen LogP contribution is -2.56. The van der Waals surface area contributed by atoms with Crippen molar-refractivity contribution in [3.8, 4) is 0 Å². The molecule has 0 radical (unpaired) electrons. The van der Waals surface area contributed by atoms with Crippen molar-refractivity contribution >= 4 is 33.3 Å². The summed E-state index contributed by atoms with van der Waals surface area (Å²) in [4.78, 5) is 41.3. The standard InChI is InChI=1S/C32H39N3O5S/c1-23-15-17-26(18-16-23)21-34(29(31(38)33-32(3,4)5)19-25-11-8-7-9-12-25)30(37)22-35(41(6,39)40)28-14-10-13-27(20-28)24(2)36/h7-18,20,29H,19,21-22H2,1-6H3,(H,33,38)/t29-/m1/s1. The second-order valence-corrected chi connectivity index (χ2v) is 13.2. The van der Waals surface area contributed by atoms with E-state index in [0.29, 0.717) is 5.56 Å². The van der Waals surface area contributed by atoms with Gasteiger partial charge in [-0.3, -0.25) is 18.7 Å². The smallest absolute Gasteiger partial charge is 0.244 e. The number of rotatable bonds is 11. The van der Waals surface area contributed by atoms with E-state index in [-0.39, 0.29) is 30.3 Å². The summed E-state index contributed by atoms with van der Waals surface area (Å²) < 4.78 is 26.9. The lowest BCUT2D eigenvalue weighted by molar-refractivity contribution is -0.140. The number of sulfonamides is 1. The summed E-state index contributed by atoms with van der Waals surface area (Å²) in [5.41, 5.74) is 2.67. The normalized spacial score (nSPS) is 12.3. The van der Waals surface area contributed by atoms with Crippen molar-refractivity contribution in [1.29, 1.82) is 0 Å². The molecule has 0 aliphatic carbocycles. The van der Waals surface area contributed by atoms with E-state index in [1.54, 1.807) is 18.2 Å². The van der Waals surface area contributed by atoms with Crippen molar-refractivity contribution in [1.82, 2.24) is 10.2 Å². The molecule has 0 unspecified atom stereocenters. The number of hydrogen-bond donors (Lipinski definition) is 1. The molecule has 0 saturated carbocycles. The predicted molar refractivity (Wildman–Crippen MR) is 162 cm³/mol. The molecule has 41 heavy (non-hydrogen) atoms. The molecule has 1 N–H and O–H groups in total. The molecule has 0 aliphatic heterocycles. The Kier molecular flexibility index (Phi) is 10.1. The van der Waals surface area contributed by atoms with Gasteiger partial charge >= 0.3 is 0 Å². The summed E-state index contributed by atoms with van der Waals surface area (Å²) in [6, 6.07) is 22.3. The monoisotopic (exact) mass is 577 g/mol. The van der Waals surface area contributed by atoms with Gasteiger partial charge in [-0.2, -0.15) is 0 Å². The highest BCUT2D eigenvalue weighted by Crippen LogP contribution is 2.22. The molecule has 218 valence electrons. The molecule has 0 saturated heterocycles. The molecule has 0 aromatic heterocycles. The van der Waals surface area contributed by atoms with Crippen LogP contribution >= 0.6 is 0 Å². The van der Waals surface area contributed by atoms with Crippen LogP contribution < -0.4 is 9.62 Å². The van der Waals surface area contributed by atoms with E-state index in [0.717, 1.165) is 27.3 Å². The van der Waals surface area contributed by atoms with E-state index in [2.05, 4.69) is 5.32 Å². The summed E-state index contributed by atoms with van der Waals surface area (Å²) >= 11 is 0. The van der Waals surface area contributed by atoms with Gasteiger partial charge in [0.15, 0.2) is 5.78 Å². The summed E-state index contributed by atoms with van der Waals surface area (Å²) in [7, 11) is -3.93. The molecule has 2 amide bonds. The van der Waals surface area contributed by atoms with Gasteiger partial charge in [-0.15, -0.1) is 0 Å². The van der Waals surface area contributed by atoms with Gasteiger partial charge < -0.3 is 10.2 Å². The van der Waals surface area contributed by atoms with Crippen LogP contribution in [0.2, 0.25) is 0 Å². The number of ketones is 1. The van der Waals surface area contributed by atoms with E-state index in [1.807, 2.05) is 82.3 Å². The maximum absolute atomic E-state index is 14.1. The van der Waals surface area contributed by atoms with E-state index < -0.39 is 34.1 Å². The summed E-state index contributed by atoms with van der Waals surface area (Å²) in [5.74, 6) is -1.12. The van der Waals surface area contributed by atoms with Gasteiger partial charge in [-0.05, 0) is 57.9 Å². The first kappa shape index (κ1) is 31.5. The number of nitrogens with one attached hydrogen (secondary N) is 1. The molecule has 0 spiro atoms. The van der Waals surface area contributed by atoms with Crippen LogP contribution in [0.1, 0.15) is 54.7 Å². The zero-order valence-electron chi connectivity index (χ0n) is 24.5. The second kappa shape index (κ2) is 13.1. The highest BCUT2D eigenvalue weighted by atomic mass is 32.2. The highest BCUT2D eigenvalue weighted by Gasteiger charge is 2.34. The minimum Gasteiger partial charge on any atom is -0.350 e. The fourth-order valence-electron chi connectivity index (χ4n) is 4.39. The summed E-state index contributed by atoms with van der Waals surface area (Å²) in [6.45, 7) is 8.50. The molecule has 3 rings (SSSR count). The molecule has 0 heterocycles. The molecule has 0 bridgehead atoms. The Hall–Kier alpha value is -3.98. The SMILES string of the molecule is CC(=O)c1cccc(N(CC(=O)N(Cc2ccc(C)cc2)[C@H](Cc2ccccc2)C(=O)NC(C)(C)C)S(C)(=O)=O)c1. The topological polar surface area (TPSA) is 104 Å². The molecule has 3 aromatic carbocycles. The van der Waals surface area contributed by atoms with Crippen LogP contribution in [0.15, 0.2) is 78.9 Å². The second-order valence-electron chi connectivity index (χ2n) is 11.3. The quantitative estimate of drug-likeness (QED) is 0.338. The Morgan fingerprint density at radius 3 is 2.07 bits per heavy atom. The molecule has 0 fully saturated rings. The van der Waals surface area contributed by atoms with Gasteiger partial charge in [0.1, 0.15) is 12.6 Å². The first-order valence-electron chi connectivity index (χ1n) is 13.4. The van der Waals surface area contributed by atoms with Gasteiger partial charge in [0.2, 0.25) is 21.8 Å². The fourth-order valence-corrected chi connectivity index (χ4v) is 5.23. The highest BCUT2D eigenvalue weighted by molar-refractivity contribution is 7.92. The summed E-state index contributed by atoms with van der Waals surface area (Å²) in [5, 5.41) is 3.00. The van der Waals surface area contributed by atoms with Crippen LogP contribution in [0.3, 0.4) is 0 Å². The number of benzene rings is 3. The molecule has 1 atom stereocenters. The molecule has 9 heteroatoms. The number of carbonyl (C=O) groups excluding carboxylic acids is 3.